The van der Waals surface area contributed by atoms with E-state index in [2.05, 4.69) is 20.4 Å². The maximum Gasteiger partial charge on any atom is 0.522 e. The third kappa shape index (κ3) is 7.40. The molecule has 2 aliphatic rings. The highest BCUT2D eigenvalue weighted by Gasteiger charge is 2.51. The average Bonchev–Trinajstić information content (AvgIpc) is 3.37. The molecule has 204 valence electrons. The van der Waals surface area contributed by atoms with E-state index in [1.807, 2.05) is 0 Å². The van der Waals surface area contributed by atoms with E-state index >= 15 is 0 Å². The Morgan fingerprint density at radius 1 is 1.19 bits per heavy atom. The molecule has 0 aromatic carbocycles. The van der Waals surface area contributed by atoms with Crippen LogP contribution in [0.4, 0.5) is 13.2 Å². The van der Waals surface area contributed by atoms with Gasteiger partial charge in [-0.2, -0.15) is 0 Å². The number of rotatable bonds is 7. The molecule has 1 saturated carbocycles. The van der Waals surface area contributed by atoms with Crippen molar-refractivity contribution in [2.75, 3.05) is 13.2 Å². The quantitative estimate of drug-likeness (QED) is 0.453. The minimum atomic E-state index is -5.07. The largest absolute Gasteiger partial charge is 0.522 e. The number of fused-ring (bicyclic) bond motifs is 1. The van der Waals surface area contributed by atoms with E-state index in [1.165, 1.54) is 23.2 Å². The molecular formula is C24H31F3N4O6. The lowest BCUT2D eigenvalue weighted by Gasteiger charge is -2.29. The summed E-state index contributed by atoms with van der Waals surface area (Å²) in [6, 6.07) is 0.240. The number of hydrogen-bond donors (Lipinski definition) is 3. The Bertz CT molecular complexity index is 1100. The topological polar surface area (TPSA) is 138 Å². The van der Waals surface area contributed by atoms with Crippen molar-refractivity contribution in [3.8, 4) is 0 Å². The van der Waals surface area contributed by atoms with Gasteiger partial charge in [0.15, 0.2) is 5.78 Å². The van der Waals surface area contributed by atoms with Gasteiger partial charge in [-0.1, -0.05) is 12.5 Å². The van der Waals surface area contributed by atoms with Gasteiger partial charge in [-0.25, -0.2) is 0 Å². The number of H-pyrrole nitrogens is 1. The average molecular weight is 529 g/mol. The number of ether oxygens (including phenoxy) is 1. The van der Waals surface area contributed by atoms with Gasteiger partial charge in [0, 0.05) is 30.3 Å². The molecule has 37 heavy (non-hydrogen) atoms. The van der Waals surface area contributed by atoms with Crippen LogP contribution in [0, 0.1) is 11.8 Å². The molecule has 0 spiro atoms. The number of amides is 3. The number of likely N-dealkylation sites (tertiary alicyclic amines) is 1. The van der Waals surface area contributed by atoms with Gasteiger partial charge < -0.3 is 20.5 Å². The molecule has 10 nitrogen and oxygen atoms in total. The van der Waals surface area contributed by atoms with Crippen LogP contribution in [-0.2, 0) is 30.3 Å². The molecule has 0 radical (unpaired) electrons. The SMILES string of the molecule is CC(C)(C)NC(=O)C(=O)N1CC2CCCC2[C@H]1C(=O)NC(Cc1ccc[nH]c1=O)C(=O)COC(F)(F)F. The Balaban J connectivity index is 1.84. The molecule has 2 fully saturated rings. The van der Waals surface area contributed by atoms with Crippen molar-refractivity contribution in [2.45, 2.75) is 70.4 Å². The fraction of sp³-hybridized carbons (Fsp3) is 0.625. The number of hydrogen-bond acceptors (Lipinski definition) is 6. The predicted molar refractivity (Wildman–Crippen MR) is 124 cm³/mol. The summed E-state index contributed by atoms with van der Waals surface area (Å²) in [6.45, 7) is 3.91. The van der Waals surface area contributed by atoms with E-state index in [4.69, 9.17) is 0 Å². The summed E-state index contributed by atoms with van der Waals surface area (Å²) >= 11 is 0. The molecule has 1 aliphatic heterocycles. The number of Topliss-reactive ketones (excluding diaryl/α,β-unsaturated/α-hetero) is 1. The van der Waals surface area contributed by atoms with Crippen LogP contribution in [-0.4, -0.2) is 70.5 Å². The maximum absolute atomic E-state index is 13.5. The van der Waals surface area contributed by atoms with Crippen molar-refractivity contribution >= 4 is 23.5 Å². The predicted octanol–water partition coefficient (Wildman–Crippen LogP) is 1.05. The van der Waals surface area contributed by atoms with Gasteiger partial charge in [0.2, 0.25) is 5.91 Å². The zero-order valence-electron chi connectivity index (χ0n) is 20.8. The monoisotopic (exact) mass is 528 g/mol. The van der Waals surface area contributed by atoms with Crippen LogP contribution in [0.2, 0.25) is 0 Å². The van der Waals surface area contributed by atoms with Gasteiger partial charge in [-0.3, -0.25) is 28.7 Å². The third-order valence-corrected chi connectivity index (χ3v) is 6.51. The third-order valence-electron chi connectivity index (χ3n) is 6.51. The van der Waals surface area contributed by atoms with E-state index in [-0.39, 0.29) is 30.4 Å². The summed E-state index contributed by atoms with van der Waals surface area (Å²) in [5.41, 5.74) is -1.20. The first kappa shape index (κ1) is 28.4. The van der Waals surface area contributed by atoms with Gasteiger partial charge in [-0.05, 0) is 51.5 Å². The molecule has 13 heteroatoms. The minimum Gasteiger partial charge on any atom is -0.344 e. The molecule has 1 aromatic heterocycles. The van der Waals surface area contributed by atoms with Crippen molar-refractivity contribution in [3.05, 3.63) is 34.2 Å². The van der Waals surface area contributed by atoms with E-state index < -0.39 is 59.7 Å². The summed E-state index contributed by atoms with van der Waals surface area (Å²) in [4.78, 5) is 67.4. The van der Waals surface area contributed by atoms with Crippen molar-refractivity contribution in [2.24, 2.45) is 11.8 Å². The van der Waals surface area contributed by atoms with E-state index in [9.17, 15) is 37.1 Å². The summed E-state index contributed by atoms with van der Waals surface area (Å²) < 4.78 is 41.3. The van der Waals surface area contributed by atoms with E-state index in [0.717, 1.165) is 12.8 Å². The standard InChI is InChI=1S/C24H31F3N4O6/c1-23(2,3)30-21(35)22(36)31-11-14-6-4-8-15(14)18(31)20(34)29-16(17(32)12-37-24(25,26)27)10-13-7-5-9-28-19(13)33/h5,7,9,14-16,18H,4,6,8,10-12H2,1-3H3,(H,28,33)(H,29,34)(H,30,35)/t14?,15?,16?,18-/m0/s1. The second-order valence-corrected chi connectivity index (χ2v) is 10.5. The first-order chi connectivity index (χ1) is 17.2. The molecule has 3 N–H and O–H groups in total. The van der Waals surface area contributed by atoms with Crippen molar-refractivity contribution in [1.29, 1.82) is 0 Å². The van der Waals surface area contributed by atoms with Crippen LogP contribution < -0.4 is 16.2 Å². The zero-order chi connectivity index (χ0) is 27.5. The summed E-state index contributed by atoms with van der Waals surface area (Å²) in [5, 5.41) is 5.01. The number of aromatic amines is 1. The zero-order valence-corrected chi connectivity index (χ0v) is 20.8. The lowest BCUT2D eigenvalue weighted by molar-refractivity contribution is -0.321. The van der Waals surface area contributed by atoms with Gasteiger partial charge in [0.05, 0.1) is 6.04 Å². The number of aromatic nitrogens is 1. The minimum absolute atomic E-state index is 0.0261. The normalized spacial score (nSPS) is 22.3. The van der Waals surface area contributed by atoms with Gasteiger partial charge in [-0.15, -0.1) is 13.2 Å². The number of nitrogens with one attached hydrogen (secondary N) is 3. The number of ketones is 1. The van der Waals surface area contributed by atoms with Crippen LogP contribution >= 0.6 is 0 Å². The molecule has 1 saturated heterocycles. The van der Waals surface area contributed by atoms with Crippen LogP contribution in [0.3, 0.4) is 0 Å². The second kappa shape index (κ2) is 11.0. The van der Waals surface area contributed by atoms with Gasteiger partial charge >= 0.3 is 18.2 Å². The number of halogens is 3. The molecule has 2 heterocycles. The summed E-state index contributed by atoms with van der Waals surface area (Å²) in [7, 11) is 0. The Labute approximate surface area is 211 Å². The molecule has 3 unspecified atom stereocenters. The lowest BCUT2D eigenvalue weighted by Crippen LogP contribution is -2.57. The molecule has 3 rings (SSSR count). The molecule has 4 atom stereocenters. The Morgan fingerprint density at radius 3 is 2.51 bits per heavy atom. The number of alkyl halides is 3. The molecule has 1 aromatic rings. The summed E-state index contributed by atoms with van der Waals surface area (Å²) in [5.74, 6) is -3.95. The Hall–Kier alpha value is -3.22. The molecule has 3 amide bonds. The highest BCUT2D eigenvalue weighted by molar-refractivity contribution is 6.35. The van der Waals surface area contributed by atoms with Gasteiger partial charge in [0.1, 0.15) is 12.6 Å². The van der Waals surface area contributed by atoms with Crippen molar-refractivity contribution in [3.63, 3.8) is 0 Å². The second-order valence-electron chi connectivity index (χ2n) is 10.5. The van der Waals surface area contributed by atoms with Crippen LogP contribution in [0.1, 0.15) is 45.6 Å². The van der Waals surface area contributed by atoms with Crippen molar-refractivity contribution in [1.82, 2.24) is 20.5 Å². The molecule has 0 bridgehead atoms. The fourth-order valence-electron chi connectivity index (χ4n) is 4.97. The Morgan fingerprint density at radius 2 is 1.89 bits per heavy atom. The lowest BCUT2D eigenvalue weighted by atomic mass is 9.93. The molecular weight excluding hydrogens is 497 g/mol. The number of pyridine rings is 1. The van der Waals surface area contributed by atoms with Crippen LogP contribution in [0.25, 0.3) is 0 Å². The summed E-state index contributed by atoms with van der Waals surface area (Å²) in [6.07, 6.45) is -1.93. The number of nitrogens with zero attached hydrogens (tertiary/aromatic N) is 1. The maximum atomic E-state index is 13.5. The first-order valence-corrected chi connectivity index (χ1v) is 12.0. The highest BCUT2D eigenvalue weighted by Crippen LogP contribution is 2.42. The first-order valence-electron chi connectivity index (χ1n) is 12.0. The van der Waals surface area contributed by atoms with Crippen LogP contribution in [0.5, 0.6) is 0 Å². The molecule has 1 aliphatic carbocycles. The smallest absolute Gasteiger partial charge is 0.344 e. The van der Waals surface area contributed by atoms with E-state index in [0.29, 0.717) is 6.42 Å². The highest BCUT2D eigenvalue weighted by atomic mass is 19.4. The van der Waals surface area contributed by atoms with Gasteiger partial charge in [0.25, 0.3) is 5.56 Å². The number of carbonyl (C=O) groups is 4. The number of carbonyl (C=O) groups excluding carboxylic acids is 4. The van der Waals surface area contributed by atoms with Crippen molar-refractivity contribution < 1.29 is 37.1 Å². The van der Waals surface area contributed by atoms with E-state index in [1.54, 1.807) is 20.8 Å². The fourth-order valence-corrected chi connectivity index (χ4v) is 4.97. The van der Waals surface area contributed by atoms with Crippen LogP contribution in [0.15, 0.2) is 23.1 Å². The Kier molecular flexibility index (Phi) is 8.45.